The molecule has 192 valence electrons. The fourth-order valence-corrected chi connectivity index (χ4v) is 9.64. The van der Waals surface area contributed by atoms with Gasteiger partial charge in [-0.25, -0.2) is 0 Å². The fraction of sp³-hybridized carbons (Fsp3) is 0.793. The Balaban J connectivity index is 1.50. The average Bonchev–Trinajstić information content (AvgIpc) is 3.54. The van der Waals surface area contributed by atoms with Crippen LogP contribution in [0.25, 0.3) is 0 Å². The predicted octanol–water partition coefficient (Wildman–Crippen LogP) is 3.90. The van der Waals surface area contributed by atoms with Crippen LogP contribution < -0.4 is 4.74 Å². The van der Waals surface area contributed by atoms with Crippen LogP contribution in [0.1, 0.15) is 83.5 Å². The quantitative estimate of drug-likeness (QED) is 0.603. The van der Waals surface area contributed by atoms with Gasteiger partial charge in [0.05, 0.1) is 11.7 Å². The number of rotatable bonds is 4. The lowest BCUT2D eigenvalue weighted by molar-refractivity contribution is -0.319. The van der Waals surface area contributed by atoms with Gasteiger partial charge < -0.3 is 24.8 Å². The van der Waals surface area contributed by atoms with Crippen molar-refractivity contribution in [2.45, 2.75) is 101 Å². The van der Waals surface area contributed by atoms with E-state index < -0.39 is 17.3 Å². The Morgan fingerprint density at radius 3 is 2.54 bits per heavy atom. The van der Waals surface area contributed by atoms with Crippen molar-refractivity contribution in [3.63, 3.8) is 0 Å². The Morgan fingerprint density at radius 1 is 1.14 bits per heavy atom. The third-order valence-electron chi connectivity index (χ3n) is 11.9. The molecule has 5 aliphatic carbocycles. The summed E-state index contributed by atoms with van der Waals surface area (Å²) in [5.41, 5.74) is -0.623. The first-order chi connectivity index (χ1) is 16.4. The maximum absolute atomic E-state index is 12.2. The van der Waals surface area contributed by atoms with Gasteiger partial charge in [-0.05, 0) is 75.0 Å². The van der Waals surface area contributed by atoms with Gasteiger partial charge in [0.15, 0.2) is 11.5 Å². The van der Waals surface area contributed by atoms with E-state index in [0.717, 1.165) is 55.8 Å². The summed E-state index contributed by atoms with van der Waals surface area (Å²) in [6.07, 6.45) is 5.10. The maximum atomic E-state index is 12.2. The number of aromatic hydroxyl groups is 1. The lowest BCUT2D eigenvalue weighted by Crippen LogP contribution is -2.83. The molecule has 4 bridgehead atoms. The molecule has 0 radical (unpaired) electrons. The van der Waals surface area contributed by atoms with Crippen molar-refractivity contribution in [2.24, 2.45) is 22.7 Å². The number of fused-ring (bicyclic) bond motifs is 2. The Bertz CT molecular complexity index is 1090. The van der Waals surface area contributed by atoms with Crippen LogP contribution in [0.4, 0.5) is 0 Å². The summed E-state index contributed by atoms with van der Waals surface area (Å²) in [5.74, 6) is 1.28. The zero-order valence-corrected chi connectivity index (χ0v) is 21.8. The molecular formula is C29H41NO5. The second-order valence-electron chi connectivity index (χ2n) is 13.9. The van der Waals surface area contributed by atoms with Gasteiger partial charge in [0.25, 0.3) is 0 Å². The van der Waals surface area contributed by atoms with Gasteiger partial charge in [0, 0.05) is 42.0 Å². The molecule has 4 saturated carbocycles. The lowest BCUT2D eigenvalue weighted by Gasteiger charge is -2.76. The first kappa shape index (κ1) is 22.8. The summed E-state index contributed by atoms with van der Waals surface area (Å²) in [6.45, 7) is 10.3. The summed E-state index contributed by atoms with van der Waals surface area (Å²) in [6, 6.07) is 3.60. The second kappa shape index (κ2) is 6.56. The number of aliphatic hydroxyl groups excluding tert-OH is 1. The topological polar surface area (TPSA) is 82.4 Å². The number of phenols is 1. The summed E-state index contributed by atoms with van der Waals surface area (Å²) < 4.78 is 13.4. The zero-order chi connectivity index (χ0) is 24.8. The molecule has 6 heteroatoms. The summed E-state index contributed by atoms with van der Waals surface area (Å²) in [4.78, 5) is 2.59. The molecule has 1 aromatic carbocycles. The molecule has 2 aliphatic heterocycles. The number of piperidine rings is 1. The monoisotopic (exact) mass is 483 g/mol. The van der Waals surface area contributed by atoms with Crippen molar-refractivity contribution in [3.05, 3.63) is 23.3 Å². The molecule has 6 nitrogen and oxygen atoms in total. The van der Waals surface area contributed by atoms with Crippen LogP contribution in [0.15, 0.2) is 12.1 Å². The fourth-order valence-electron chi connectivity index (χ4n) is 9.64. The summed E-state index contributed by atoms with van der Waals surface area (Å²) in [7, 11) is 1.78. The molecule has 7 aliphatic rings. The summed E-state index contributed by atoms with van der Waals surface area (Å²) in [5, 5.41) is 35.2. The van der Waals surface area contributed by atoms with Crippen molar-refractivity contribution in [2.75, 3.05) is 20.2 Å². The molecule has 0 unspecified atom stereocenters. The maximum Gasteiger partial charge on any atom is 0.165 e. The smallest absolute Gasteiger partial charge is 0.165 e. The van der Waals surface area contributed by atoms with Crippen LogP contribution in [0.5, 0.6) is 11.5 Å². The van der Waals surface area contributed by atoms with E-state index in [-0.39, 0.29) is 40.1 Å². The van der Waals surface area contributed by atoms with Crippen molar-refractivity contribution >= 4 is 0 Å². The molecule has 3 N–H and O–H groups in total. The number of likely N-dealkylation sites (tertiary alicyclic amines) is 1. The minimum Gasteiger partial charge on any atom is -0.504 e. The highest BCUT2D eigenvalue weighted by Crippen LogP contribution is 2.79. The van der Waals surface area contributed by atoms with E-state index in [1.165, 1.54) is 12.8 Å². The second-order valence-corrected chi connectivity index (χ2v) is 13.9. The molecule has 8 rings (SSSR count). The summed E-state index contributed by atoms with van der Waals surface area (Å²) >= 11 is 0. The Morgan fingerprint density at radius 2 is 1.89 bits per heavy atom. The van der Waals surface area contributed by atoms with Crippen molar-refractivity contribution < 1.29 is 24.8 Å². The molecule has 2 spiro atoms. The highest BCUT2D eigenvalue weighted by Gasteiger charge is 2.83. The first-order valence-corrected chi connectivity index (χ1v) is 13.7. The Hall–Kier alpha value is -1.34. The number of aliphatic hydroxyl groups is 2. The highest BCUT2D eigenvalue weighted by molar-refractivity contribution is 5.64. The van der Waals surface area contributed by atoms with Crippen molar-refractivity contribution in [3.8, 4) is 11.5 Å². The van der Waals surface area contributed by atoms with Gasteiger partial charge in [-0.1, -0.05) is 26.8 Å². The van der Waals surface area contributed by atoms with Crippen LogP contribution in [0, 0.1) is 22.7 Å². The van der Waals surface area contributed by atoms with Crippen LogP contribution in [0.3, 0.4) is 0 Å². The third kappa shape index (κ3) is 2.38. The van der Waals surface area contributed by atoms with Gasteiger partial charge in [0.1, 0.15) is 11.7 Å². The normalized spacial score (nSPS) is 45.1. The predicted molar refractivity (Wildman–Crippen MR) is 131 cm³/mol. The van der Waals surface area contributed by atoms with E-state index in [0.29, 0.717) is 5.75 Å². The van der Waals surface area contributed by atoms with Crippen LogP contribution in [-0.4, -0.2) is 63.8 Å². The lowest BCUT2D eigenvalue weighted by atomic mass is 9.33. The van der Waals surface area contributed by atoms with E-state index in [1.54, 1.807) is 13.2 Å². The van der Waals surface area contributed by atoms with E-state index in [9.17, 15) is 15.3 Å². The van der Waals surface area contributed by atoms with Gasteiger partial charge >= 0.3 is 0 Å². The number of hydrogen-bond acceptors (Lipinski definition) is 6. The van der Waals surface area contributed by atoms with Gasteiger partial charge in [-0.15, -0.1) is 0 Å². The number of hydrogen-bond donors (Lipinski definition) is 3. The van der Waals surface area contributed by atoms with Crippen molar-refractivity contribution in [1.29, 1.82) is 0 Å². The van der Waals surface area contributed by atoms with Gasteiger partial charge in [0.2, 0.25) is 0 Å². The van der Waals surface area contributed by atoms with Crippen molar-refractivity contribution in [1.82, 2.24) is 4.90 Å². The van der Waals surface area contributed by atoms with Gasteiger partial charge in [-0.2, -0.15) is 0 Å². The molecule has 0 aromatic heterocycles. The Kier molecular flexibility index (Phi) is 4.28. The molecular weight excluding hydrogens is 442 g/mol. The minimum atomic E-state index is -1.00. The minimum absolute atomic E-state index is 0.0145. The largest absolute Gasteiger partial charge is 0.504 e. The van der Waals surface area contributed by atoms with E-state index in [4.69, 9.17) is 9.47 Å². The molecule has 5 fully saturated rings. The average molecular weight is 484 g/mol. The molecule has 2 heterocycles. The molecule has 1 aromatic rings. The Labute approximate surface area is 208 Å². The van der Waals surface area contributed by atoms with Gasteiger partial charge in [-0.3, -0.25) is 4.90 Å². The van der Waals surface area contributed by atoms with Crippen LogP contribution in [0.2, 0.25) is 0 Å². The SMILES string of the molecule is CO[C@]12CC[C@@]3(C[C@@H]1[C@@](C)(O)C(C)(C)C)[C@H]1[C@H](O)c4ccc(O)c5c4[C@@]3(CCN1CC1CC1)[C@H]2O5. The molecule has 0 amide bonds. The number of phenolic OH excluding ortho intramolecular Hbond substituents is 1. The number of methoxy groups -OCH3 is 1. The molecule has 35 heavy (non-hydrogen) atoms. The third-order valence-corrected chi connectivity index (χ3v) is 11.9. The van der Waals surface area contributed by atoms with Crippen LogP contribution >= 0.6 is 0 Å². The van der Waals surface area contributed by atoms with E-state index in [1.807, 2.05) is 13.0 Å². The molecule has 8 atom stereocenters. The number of ether oxygens (including phenoxy) is 2. The van der Waals surface area contributed by atoms with E-state index in [2.05, 4.69) is 25.7 Å². The number of benzene rings is 1. The van der Waals surface area contributed by atoms with E-state index >= 15 is 0 Å². The standard InChI is InChI=1S/C29H41NO5/c1-25(2,3)26(4,33)19-14-27-10-11-29(19,34-5)24-28(27)12-13-30(15-16-6-7-16)23(27)21(32)17-8-9-18(31)22(35-24)20(17)28/h8-9,16,19,21,23-24,31-33H,6-7,10-15H2,1-5H3/t19-,21-,23-,24-,26-,27-,28+,29-/m1/s1. The van der Waals surface area contributed by atoms with Crippen LogP contribution in [-0.2, 0) is 10.2 Å². The highest BCUT2D eigenvalue weighted by atomic mass is 16.6. The number of nitrogens with zero attached hydrogens (tertiary/aromatic N) is 1. The first-order valence-electron chi connectivity index (χ1n) is 13.7. The molecule has 1 saturated heterocycles. The zero-order valence-electron chi connectivity index (χ0n) is 21.8.